The van der Waals surface area contributed by atoms with Gasteiger partial charge in [0.15, 0.2) is 0 Å². The quantitative estimate of drug-likeness (QED) is 0.0354. The van der Waals surface area contributed by atoms with Crippen LogP contribution in [-0.2, 0) is 65.6 Å². The highest BCUT2D eigenvalue weighted by Gasteiger charge is 2.40. The van der Waals surface area contributed by atoms with Gasteiger partial charge in [0.25, 0.3) is 0 Å². The molecule has 416 valence electrons. The first-order valence-electron chi connectivity index (χ1n) is 26.0. The van der Waals surface area contributed by atoms with E-state index >= 15 is 0 Å². The predicted octanol–water partition coefficient (Wildman–Crippen LogP) is -1.97. The van der Waals surface area contributed by atoms with E-state index in [0.717, 1.165) is 6.42 Å². The zero-order valence-corrected chi connectivity index (χ0v) is 43.3. The van der Waals surface area contributed by atoms with Crippen molar-refractivity contribution in [2.24, 2.45) is 23.1 Å². The average molecular weight is 1060 g/mol. The van der Waals surface area contributed by atoms with Crippen LogP contribution in [0.15, 0.2) is 60.7 Å². The number of carboxylic acid groups (broad SMARTS) is 1. The Kier molecular flexibility index (Phi) is 25.3. The number of primary amides is 2. The van der Waals surface area contributed by atoms with Crippen LogP contribution in [0.25, 0.3) is 0 Å². The summed E-state index contributed by atoms with van der Waals surface area (Å²) >= 11 is 0. The predicted molar refractivity (Wildman–Crippen MR) is 277 cm³/mol. The minimum Gasteiger partial charge on any atom is -0.480 e. The van der Waals surface area contributed by atoms with E-state index in [0.29, 0.717) is 49.9 Å². The number of aliphatic carboxylic acids is 1. The Morgan fingerprint density at radius 3 is 1.66 bits per heavy atom. The van der Waals surface area contributed by atoms with Crippen LogP contribution in [0, 0.1) is 5.92 Å². The molecule has 24 nitrogen and oxygen atoms in total. The van der Waals surface area contributed by atoms with Gasteiger partial charge in [0, 0.05) is 32.2 Å². The number of nitrogens with one attached hydrogen (secondary N) is 8. The highest BCUT2D eigenvalue weighted by molar-refractivity contribution is 5.98. The molecule has 4 rings (SSSR count). The van der Waals surface area contributed by atoms with Gasteiger partial charge in [-0.15, -0.1) is 0 Å². The first-order chi connectivity index (χ1) is 36.3. The van der Waals surface area contributed by atoms with Gasteiger partial charge in [0.05, 0.1) is 12.6 Å². The number of hydrogen-bond donors (Lipinski definition) is 12. The standard InChI is InChI=1S/C52H76N12O12/c1-31(2)27-40(52(75)76)58-44(67)30-57-45(68)38(28-32-13-5-3-6-14-32)62-49(72)39(29-33-15-7-4-8-16-33)63-48(71)35(20-22-42(54)65)59-47(70)36(21-23-43(55)66)60-50(73)41-19-12-26-64(41)51(74)37(17-9-10-24-53)61-46(69)34-18-11-25-56-34/h3-8,13-16,31,34-41,56H,9-12,17-30,53H2,1-2H3,(H2,54,65)(H2,55,66)(H,57,68)(H,58,67)(H,59,70)(H,60,73)(H,61,69)(H,62,72)(H,63,71)(H,75,76). The van der Waals surface area contributed by atoms with Gasteiger partial charge < -0.3 is 69.7 Å². The molecule has 2 heterocycles. The number of nitrogens with zero attached hydrogens (tertiary/aromatic N) is 1. The Morgan fingerprint density at radius 2 is 1.14 bits per heavy atom. The van der Waals surface area contributed by atoms with Crippen LogP contribution in [0.3, 0.4) is 0 Å². The fourth-order valence-corrected chi connectivity index (χ4v) is 8.98. The van der Waals surface area contributed by atoms with Crippen LogP contribution in [0.1, 0.15) is 102 Å². The molecule has 2 saturated heterocycles. The molecule has 0 bridgehead atoms. The highest BCUT2D eigenvalue weighted by Crippen LogP contribution is 2.21. The fraction of sp³-hybridized carbons (Fsp3) is 0.558. The molecule has 24 heteroatoms. The third-order valence-corrected chi connectivity index (χ3v) is 13.0. The van der Waals surface area contributed by atoms with Gasteiger partial charge in [-0.1, -0.05) is 74.5 Å². The maximum atomic E-state index is 14.4. The van der Waals surface area contributed by atoms with Crippen LogP contribution < -0.4 is 59.7 Å². The van der Waals surface area contributed by atoms with Crippen LogP contribution >= 0.6 is 0 Å². The van der Waals surface area contributed by atoms with Crippen LogP contribution in [0.5, 0.6) is 0 Å². The first kappa shape index (κ1) is 61.1. The largest absolute Gasteiger partial charge is 0.480 e. The third-order valence-electron chi connectivity index (χ3n) is 13.0. The molecule has 76 heavy (non-hydrogen) atoms. The third kappa shape index (κ3) is 20.7. The molecule has 2 aromatic carbocycles. The zero-order chi connectivity index (χ0) is 55.7. The number of hydrogen-bond acceptors (Lipinski definition) is 13. The van der Waals surface area contributed by atoms with Crippen molar-refractivity contribution < 1.29 is 57.8 Å². The number of nitrogens with two attached hydrogens (primary N) is 3. The molecular weight excluding hydrogens is 985 g/mol. The summed E-state index contributed by atoms with van der Waals surface area (Å²) in [6.45, 7) is 4.16. The van der Waals surface area contributed by atoms with Gasteiger partial charge in [-0.25, -0.2) is 4.79 Å². The lowest BCUT2D eigenvalue weighted by atomic mass is 10.0. The van der Waals surface area contributed by atoms with Crippen molar-refractivity contribution in [1.82, 2.24) is 47.4 Å². The highest BCUT2D eigenvalue weighted by atomic mass is 16.4. The minimum atomic E-state index is -1.58. The Bertz CT molecular complexity index is 2320. The second-order valence-electron chi connectivity index (χ2n) is 19.6. The van der Waals surface area contributed by atoms with Crippen molar-refractivity contribution in [3.63, 3.8) is 0 Å². The Balaban J connectivity index is 1.56. The Labute approximate surface area is 442 Å². The van der Waals surface area contributed by atoms with E-state index in [4.69, 9.17) is 17.2 Å². The second-order valence-corrected chi connectivity index (χ2v) is 19.6. The number of carbonyl (C=O) groups excluding carboxylic acids is 10. The van der Waals surface area contributed by atoms with Gasteiger partial charge in [-0.3, -0.25) is 47.9 Å². The molecule has 8 atom stereocenters. The van der Waals surface area contributed by atoms with E-state index in [9.17, 15) is 57.8 Å². The molecule has 10 amide bonds. The SMILES string of the molecule is CC(C)CC(NC(=O)CNC(=O)C(Cc1ccccc1)NC(=O)C(Cc1ccccc1)NC(=O)C(CCC(N)=O)NC(=O)C(CCC(N)=O)NC(=O)C1CCCN1C(=O)C(CCCCN)NC(=O)C1CCCN1)C(=O)O. The summed E-state index contributed by atoms with van der Waals surface area (Å²) in [6, 6.07) is 7.51. The van der Waals surface area contributed by atoms with Crippen LogP contribution in [0.2, 0.25) is 0 Å². The summed E-state index contributed by atoms with van der Waals surface area (Å²) in [7, 11) is 0. The summed E-state index contributed by atoms with van der Waals surface area (Å²) in [5, 5.41) is 30.9. The number of amides is 10. The molecular formula is C52H76N12O12. The summed E-state index contributed by atoms with van der Waals surface area (Å²) in [4.78, 5) is 148. The normalized spacial score (nSPS) is 17.4. The van der Waals surface area contributed by atoms with E-state index in [1.165, 1.54) is 4.90 Å². The smallest absolute Gasteiger partial charge is 0.326 e. The summed E-state index contributed by atoms with van der Waals surface area (Å²) in [5.41, 5.74) is 17.9. The maximum Gasteiger partial charge on any atom is 0.326 e. The second kappa shape index (κ2) is 31.4. The molecule has 0 radical (unpaired) electrons. The topological polar surface area (TPSA) is 386 Å². The van der Waals surface area contributed by atoms with Gasteiger partial charge in [-0.05, 0) is 94.3 Å². The lowest BCUT2D eigenvalue weighted by molar-refractivity contribution is -0.142. The van der Waals surface area contributed by atoms with E-state index in [1.54, 1.807) is 74.5 Å². The number of benzene rings is 2. The van der Waals surface area contributed by atoms with Gasteiger partial charge in [0.2, 0.25) is 59.1 Å². The van der Waals surface area contributed by atoms with Crippen molar-refractivity contribution >= 4 is 65.0 Å². The molecule has 8 unspecified atom stereocenters. The van der Waals surface area contributed by atoms with Gasteiger partial charge in [0.1, 0.15) is 42.3 Å². The number of carboxylic acids is 1. The van der Waals surface area contributed by atoms with Crippen molar-refractivity contribution in [2.45, 2.75) is 152 Å². The molecule has 15 N–H and O–H groups in total. The minimum absolute atomic E-state index is 0.0652. The van der Waals surface area contributed by atoms with Crippen molar-refractivity contribution in [1.29, 1.82) is 0 Å². The molecule has 0 saturated carbocycles. The summed E-state index contributed by atoms with van der Waals surface area (Å²) in [5.74, 6) is -8.93. The monoisotopic (exact) mass is 1060 g/mol. The van der Waals surface area contributed by atoms with Crippen LogP contribution in [0.4, 0.5) is 0 Å². The average Bonchev–Trinajstić information content (AvgIpc) is 4.12. The van der Waals surface area contributed by atoms with E-state index in [2.05, 4.69) is 42.5 Å². The number of unbranched alkanes of at least 4 members (excludes halogenated alkanes) is 1. The maximum absolute atomic E-state index is 14.4. The Morgan fingerprint density at radius 1 is 0.618 bits per heavy atom. The van der Waals surface area contributed by atoms with Crippen molar-refractivity contribution in [3.05, 3.63) is 71.8 Å². The molecule has 0 aromatic heterocycles. The molecule has 2 fully saturated rings. The summed E-state index contributed by atoms with van der Waals surface area (Å²) < 4.78 is 0. The number of carbonyl (C=O) groups is 11. The Hall–Kier alpha value is -7.47. The van der Waals surface area contributed by atoms with Crippen molar-refractivity contribution in [2.75, 3.05) is 26.2 Å². The van der Waals surface area contributed by atoms with Crippen LogP contribution in [-0.4, -0.2) is 150 Å². The van der Waals surface area contributed by atoms with Gasteiger partial charge in [-0.2, -0.15) is 0 Å². The molecule has 0 aliphatic carbocycles. The molecule has 2 aromatic rings. The number of likely N-dealkylation sites (tertiary alicyclic amines) is 1. The first-order valence-corrected chi connectivity index (χ1v) is 26.0. The number of rotatable bonds is 32. The molecule has 2 aliphatic rings. The van der Waals surface area contributed by atoms with Gasteiger partial charge >= 0.3 is 5.97 Å². The summed E-state index contributed by atoms with van der Waals surface area (Å²) in [6.07, 6.45) is 1.79. The van der Waals surface area contributed by atoms with E-state index < -0.39 is 127 Å². The lowest BCUT2D eigenvalue weighted by Gasteiger charge is -2.30. The lowest BCUT2D eigenvalue weighted by Crippen LogP contribution is -2.60. The van der Waals surface area contributed by atoms with Crippen molar-refractivity contribution in [3.8, 4) is 0 Å². The zero-order valence-electron chi connectivity index (χ0n) is 43.3. The molecule has 2 aliphatic heterocycles. The van der Waals surface area contributed by atoms with E-state index in [1.807, 2.05) is 0 Å². The molecule has 0 spiro atoms. The fourth-order valence-electron chi connectivity index (χ4n) is 8.98. The van der Waals surface area contributed by atoms with E-state index in [-0.39, 0.29) is 63.3 Å².